The van der Waals surface area contributed by atoms with E-state index in [0.717, 1.165) is 0 Å². The highest BCUT2D eigenvalue weighted by Gasteiger charge is 2.41. The molecule has 0 saturated heterocycles. The summed E-state index contributed by atoms with van der Waals surface area (Å²) in [6.07, 6.45) is -4.62. The van der Waals surface area contributed by atoms with Crippen molar-refractivity contribution in [1.29, 1.82) is 0 Å². The number of carboxylic acid groups (broad SMARTS) is 1. The fourth-order valence-electron chi connectivity index (χ4n) is 3.61. The third kappa shape index (κ3) is 9.28. The number of methoxy groups -OCH3 is 2. The van der Waals surface area contributed by atoms with E-state index in [0.29, 0.717) is 5.69 Å². The van der Waals surface area contributed by atoms with Gasteiger partial charge in [-0.05, 0) is 60.7 Å². The molecule has 14 heteroatoms. The lowest BCUT2D eigenvalue weighted by atomic mass is 10.1. The zero-order chi connectivity index (χ0) is 33.1. The summed E-state index contributed by atoms with van der Waals surface area (Å²) >= 11 is 0. The van der Waals surface area contributed by atoms with Gasteiger partial charge < -0.3 is 29.4 Å². The average molecular weight is 622 g/mol. The number of carbonyl (C=O) groups excluding carboxylic acids is 5. The van der Waals surface area contributed by atoms with Crippen LogP contribution >= 0.6 is 0 Å². The third-order valence-corrected chi connectivity index (χ3v) is 6.09. The Kier molecular flexibility index (Phi) is 11.6. The molecule has 45 heavy (non-hydrogen) atoms. The molecule has 0 aliphatic carbocycles. The van der Waals surface area contributed by atoms with Crippen LogP contribution in [0.5, 0.6) is 11.5 Å². The summed E-state index contributed by atoms with van der Waals surface area (Å²) in [5, 5.41) is 12.6. The predicted octanol–water partition coefficient (Wildman–Crippen LogP) is 2.60. The van der Waals surface area contributed by atoms with Crippen molar-refractivity contribution in [3.05, 3.63) is 89.5 Å². The number of hydrogen-bond acceptors (Lipinski definition) is 10. The molecule has 0 spiro atoms. The van der Waals surface area contributed by atoms with E-state index in [1.54, 1.807) is 13.8 Å². The number of hydrogen-bond donors (Lipinski definition) is 4. The third-order valence-electron chi connectivity index (χ3n) is 6.09. The van der Waals surface area contributed by atoms with Crippen LogP contribution in [0.4, 0.5) is 5.69 Å². The summed E-state index contributed by atoms with van der Waals surface area (Å²) in [7, 11) is 2.72. The van der Waals surface area contributed by atoms with Gasteiger partial charge in [-0.15, -0.1) is 0 Å². The van der Waals surface area contributed by atoms with Crippen LogP contribution in [0.2, 0.25) is 0 Å². The molecule has 236 valence electrons. The molecule has 4 N–H and O–H groups in total. The molecule has 0 heterocycles. The summed E-state index contributed by atoms with van der Waals surface area (Å²) in [4.78, 5) is 75.9. The monoisotopic (exact) mass is 621 g/mol. The van der Waals surface area contributed by atoms with E-state index in [9.17, 15) is 33.9 Å². The molecule has 0 aliphatic rings. The molecule has 0 bridgehead atoms. The first kappa shape index (κ1) is 33.6. The first-order valence-corrected chi connectivity index (χ1v) is 13.4. The van der Waals surface area contributed by atoms with Gasteiger partial charge in [0.15, 0.2) is 0 Å². The van der Waals surface area contributed by atoms with Gasteiger partial charge in [0.25, 0.3) is 11.8 Å². The SMILES string of the molecule is COc1cccc(C(=O)O[C@@H](C(=O)O)[C@@H](OC(=O)c2cccc(OC)c2)C(=O)NNC(=O)c2ccc(NC(=O)C(C)C)cc2)c1. The van der Waals surface area contributed by atoms with Crippen LogP contribution in [-0.2, 0) is 23.9 Å². The van der Waals surface area contributed by atoms with Gasteiger partial charge in [0.1, 0.15) is 11.5 Å². The number of esters is 2. The van der Waals surface area contributed by atoms with E-state index < -0.39 is 41.9 Å². The maximum Gasteiger partial charge on any atom is 0.349 e. The summed E-state index contributed by atoms with van der Waals surface area (Å²) in [5.41, 5.74) is 4.37. The van der Waals surface area contributed by atoms with E-state index in [1.165, 1.54) is 87.0 Å². The van der Waals surface area contributed by atoms with Crippen molar-refractivity contribution in [3.63, 3.8) is 0 Å². The zero-order valence-corrected chi connectivity index (χ0v) is 24.7. The molecular weight excluding hydrogens is 590 g/mol. The Morgan fingerprint density at radius 1 is 0.644 bits per heavy atom. The van der Waals surface area contributed by atoms with E-state index in [-0.39, 0.29) is 40.0 Å². The predicted molar refractivity (Wildman–Crippen MR) is 158 cm³/mol. The lowest BCUT2D eigenvalue weighted by molar-refractivity contribution is -0.159. The molecule has 3 amide bonds. The highest BCUT2D eigenvalue weighted by molar-refractivity contribution is 5.99. The molecule has 2 atom stereocenters. The fourth-order valence-corrected chi connectivity index (χ4v) is 3.61. The van der Waals surface area contributed by atoms with Crippen molar-refractivity contribution in [2.24, 2.45) is 5.92 Å². The number of carboxylic acids is 1. The molecule has 0 radical (unpaired) electrons. The lowest BCUT2D eigenvalue weighted by Gasteiger charge is -2.23. The van der Waals surface area contributed by atoms with Crippen molar-refractivity contribution >= 4 is 41.3 Å². The Balaban J connectivity index is 1.82. The molecule has 0 aliphatic heterocycles. The van der Waals surface area contributed by atoms with Crippen molar-refractivity contribution in [2.45, 2.75) is 26.1 Å². The molecule has 3 aromatic rings. The zero-order valence-electron chi connectivity index (χ0n) is 24.7. The molecule has 0 aromatic heterocycles. The molecule has 3 rings (SSSR count). The number of aliphatic carboxylic acids is 1. The maximum atomic E-state index is 13.2. The van der Waals surface area contributed by atoms with Crippen LogP contribution in [0.3, 0.4) is 0 Å². The standard InChI is InChI=1S/C31H31N3O11/c1-17(2)26(35)32-21-13-11-18(12-14-21)27(36)33-34-28(37)24(44-30(40)19-7-5-9-22(15-19)42-3)25(29(38)39)45-31(41)20-8-6-10-23(16-20)43-4/h5-17,24-25H,1-4H3,(H,32,35)(H,33,36)(H,34,37)(H,38,39)/t24-,25-/m1/s1. The number of hydrazine groups is 1. The van der Waals surface area contributed by atoms with E-state index in [4.69, 9.17) is 18.9 Å². The topological polar surface area (TPSA) is 196 Å². The quantitative estimate of drug-likeness (QED) is 0.171. The smallest absolute Gasteiger partial charge is 0.349 e. The van der Waals surface area contributed by atoms with Crippen molar-refractivity contribution in [1.82, 2.24) is 10.9 Å². The van der Waals surface area contributed by atoms with E-state index >= 15 is 0 Å². The van der Waals surface area contributed by atoms with Gasteiger partial charge in [-0.25, -0.2) is 14.4 Å². The van der Waals surface area contributed by atoms with Crippen LogP contribution in [0.15, 0.2) is 72.8 Å². The second-order valence-electron chi connectivity index (χ2n) is 9.62. The van der Waals surface area contributed by atoms with Gasteiger partial charge in [0.05, 0.1) is 25.3 Å². The Bertz CT molecular complexity index is 1570. The minimum atomic E-state index is -2.35. The number of anilines is 1. The second kappa shape index (κ2) is 15.5. The lowest BCUT2D eigenvalue weighted by Crippen LogP contribution is -2.54. The molecule has 0 unspecified atom stereocenters. The molecule has 0 fully saturated rings. The van der Waals surface area contributed by atoms with Crippen LogP contribution in [0, 0.1) is 5.92 Å². The minimum absolute atomic E-state index is 0.0574. The Labute approximate surface area is 257 Å². The number of rotatable bonds is 12. The van der Waals surface area contributed by atoms with Gasteiger partial charge in [-0.3, -0.25) is 25.2 Å². The minimum Gasteiger partial charge on any atom is -0.497 e. The van der Waals surface area contributed by atoms with Crippen LogP contribution < -0.4 is 25.6 Å². The van der Waals surface area contributed by atoms with E-state index in [1.807, 2.05) is 5.43 Å². The summed E-state index contributed by atoms with van der Waals surface area (Å²) < 4.78 is 20.5. The summed E-state index contributed by atoms with van der Waals surface area (Å²) in [5.74, 6) is -6.24. The average Bonchev–Trinajstić information content (AvgIpc) is 3.04. The summed E-state index contributed by atoms with van der Waals surface area (Å²) in [6, 6.07) is 16.9. The van der Waals surface area contributed by atoms with E-state index in [2.05, 4.69) is 10.7 Å². The summed E-state index contributed by atoms with van der Waals surface area (Å²) in [6.45, 7) is 3.44. The number of nitrogens with one attached hydrogen (secondary N) is 3. The van der Waals surface area contributed by atoms with Gasteiger partial charge in [0, 0.05) is 17.2 Å². The van der Waals surface area contributed by atoms with Gasteiger partial charge in [-0.1, -0.05) is 26.0 Å². The largest absolute Gasteiger partial charge is 0.497 e. The van der Waals surface area contributed by atoms with Crippen LogP contribution in [-0.4, -0.2) is 67.2 Å². The van der Waals surface area contributed by atoms with Gasteiger partial charge in [-0.2, -0.15) is 0 Å². The first-order chi connectivity index (χ1) is 21.4. The maximum absolute atomic E-state index is 13.2. The number of carbonyl (C=O) groups is 6. The Morgan fingerprint density at radius 2 is 1.16 bits per heavy atom. The van der Waals surface area contributed by atoms with Crippen molar-refractivity contribution in [2.75, 3.05) is 19.5 Å². The fraction of sp³-hybridized carbons (Fsp3) is 0.226. The molecule has 14 nitrogen and oxygen atoms in total. The van der Waals surface area contributed by atoms with Crippen LogP contribution in [0.1, 0.15) is 44.9 Å². The van der Waals surface area contributed by atoms with Crippen LogP contribution in [0.25, 0.3) is 0 Å². The van der Waals surface area contributed by atoms with Crippen molar-refractivity contribution in [3.8, 4) is 11.5 Å². The second-order valence-corrected chi connectivity index (χ2v) is 9.62. The van der Waals surface area contributed by atoms with Gasteiger partial charge in [0.2, 0.25) is 18.1 Å². The molecule has 3 aromatic carbocycles. The number of benzene rings is 3. The number of amides is 3. The molecule has 0 saturated carbocycles. The highest BCUT2D eigenvalue weighted by atomic mass is 16.6. The Hall–Kier alpha value is -5.92. The normalized spacial score (nSPS) is 11.8. The Morgan fingerprint density at radius 3 is 1.62 bits per heavy atom. The van der Waals surface area contributed by atoms with Crippen molar-refractivity contribution < 1.29 is 52.8 Å². The highest BCUT2D eigenvalue weighted by Crippen LogP contribution is 2.19. The van der Waals surface area contributed by atoms with Gasteiger partial charge >= 0.3 is 17.9 Å². The molecular formula is C31H31N3O11. The first-order valence-electron chi connectivity index (χ1n) is 13.4. The number of ether oxygens (including phenoxy) is 4.